The summed E-state index contributed by atoms with van der Waals surface area (Å²) in [6.07, 6.45) is 14.6. The average molecular weight is 340 g/mol. The van der Waals surface area contributed by atoms with Crippen LogP contribution in [0.3, 0.4) is 0 Å². The van der Waals surface area contributed by atoms with Crippen LogP contribution in [-0.2, 0) is 4.74 Å². The molecule has 2 nitrogen and oxygen atoms in total. The predicted molar refractivity (Wildman–Crippen MR) is 105 cm³/mol. The van der Waals surface area contributed by atoms with E-state index in [1.54, 1.807) is 0 Å². The molecular weight excluding hydrogens is 306 g/mol. The number of nitrogens with zero attached hydrogens (tertiary/aromatic N) is 1. The summed E-state index contributed by atoms with van der Waals surface area (Å²) in [6.45, 7) is 5.57. The molecule has 136 valence electrons. The highest BCUT2D eigenvalue weighted by Gasteiger charge is 2.21. The van der Waals surface area contributed by atoms with Crippen LogP contribution < -0.4 is 0 Å². The van der Waals surface area contributed by atoms with Crippen molar-refractivity contribution in [3.63, 3.8) is 0 Å². The fourth-order valence-electron chi connectivity index (χ4n) is 3.85. The summed E-state index contributed by atoms with van der Waals surface area (Å²) in [5, 5.41) is 8.90. The standard InChI is InChI=1S/C23H33NO/c1-2-3-4-6-17-25-18-7-5-8-20-9-13-22(14-10-20)23-15-11-21(19-24)12-16-23/h2,11-12,15-16,20,22H,1,3-10,13-14,17-18H2/t20-,22-. The molecule has 1 aliphatic rings. The van der Waals surface area contributed by atoms with Crippen molar-refractivity contribution in [3.8, 4) is 6.07 Å². The number of benzene rings is 1. The number of unbranched alkanes of at least 4 members (excludes halogenated alkanes) is 3. The van der Waals surface area contributed by atoms with Crippen LogP contribution >= 0.6 is 0 Å². The first kappa shape index (κ1) is 19.7. The Labute approximate surface area is 153 Å². The Morgan fingerprint density at radius 2 is 1.68 bits per heavy atom. The van der Waals surface area contributed by atoms with E-state index in [0.717, 1.165) is 37.5 Å². The summed E-state index contributed by atoms with van der Waals surface area (Å²) >= 11 is 0. The summed E-state index contributed by atoms with van der Waals surface area (Å²) in [4.78, 5) is 0. The second kappa shape index (κ2) is 11.9. The van der Waals surface area contributed by atoms with Gasteiger partial charge in [0.15, 0.2) is 0 Å². The molecule has 0 heterocycles. The summed E-state index contributed by atoms with van der Waals surface area (Å²) in [5.41, 5.74) is 2.18. The third-order valence-electron chi connectivity index (χ3n) is 5.46. The molecule has 1 saturated carbocycles. The number of ether oxygens (including phenoxy) is 1. The molecule has 0 saturated heterocycles. The van der Waals surface area contributed by atoms with E-state index in [4.69, 9.17) is 10.00 Å². The van der Waals surface area contributed by atoms with Crippen molar-refractivity contribution in [2.75, 3.05) is 13.2 Å². The normalized spacial score (nSPS) is 20.1. The van der Waals surface area contributed by atoms with Gasteiger partial charge in [-0.25, -0.2) is 0 Å². The van der Waals surface area contributed by atoms with E-state index in [-0.39, 0.29) is 0 Å². The third kappa shape index (κ3) is 7.45. The molecule has 0 bridgehead atoms. The van der Waals surface area contributed by atoms with Gasteiger partial charge in [-0.1, -0.05) is 31.1 Å². The first-order valence-electron chi connectivity index (χ1n) is 10.0. The fourth-order valence-corrected chi connectivity index (χ4v) is 3.85. The van der Waals surface area contributed by atoms with Gasteiger partial charge in [-0.3, -0.25) is 0 Å². The van der Waals surface area contributed by atoms with Crippen LogP contribution in [0.4, 0.5) is 0 Å². The lowest BCUT2D eigenvalue weighted by Gasteiger charge is -2.29. The summed E-state index contributed by atoms with van der Waals surface area (Å²) in [5.74, 6) is 1.60. The third-order valence-corrected chi connectivity index (χ3v) is 5.46. The largest absolute Gasteiger partial charge is 0.381 e. The van der Waals surface area contributed by atoms with Crippen molar-refractivity contribution in [1.82, 2.24) is 0 Å². The molecule has 1 aliphatic carbocycles. The molecule has 25 heavy (non-hydrogen) atoms. The molecule has 0 aliphatic heterocycles. The van der Waals surface area contributed by atoms with Crippen LogP contribution in [0.15, 0.2) is 36.9 Å². The van der Waals surface area contributed by atoms with Crippen LogP contribution in [0.1, 0.15) is 81.3 Å². The van der Waals surface area contributed by atoms with Crippen molar-refractivity contribution in [3.05, 3.63) is 48.0 Å². The van der Waals surface area contributed by atoms with Gasteiger partial charge in [-0.15, -0.1) is 6.58 Å². The molecular formula is C23H33NO. The zero-order valence-electron chi connectivity index (χ0n) is 15.6. The minimum Gasteiger partial charge on any atom is -0.381 e. The van der Waals surface area contributed by atoms with E-state index in [0.29, 0.717) is 5.92 Å². The van der Waals surface area contributed by atoms with E-state index >= 15 is 0 Å². The highest BCUT2D eigenvalue weighted by molar-refractivity contribution is 5.33. The number of hydrogen-bond acceptors (Lipinski definition) is 2. The smallest absolute Gasteiger partial charge is 0.0991 e. The highest BCUT2D eigenvalue weighted by atomic mass is 16.5. The summed E-state index contributed by atoms with van der Waals surface area (Å²) in [7, 11) is 0. The Morgan fingerprint density at radius 1 is 1.00 bits per heavy atom. The molecule has 0 spiro atoms. The van der Waals surface area contributed by atoms with Gasteiger partial charge in [0.05, 0.1) is 11.6 Å². The Kier molecular flexibility index (Phi) is 9.37. The lowest BCUT2D eigenvalue weighted by Crippen LogP contribution is -2.13. The SMILES string of the molecule is C=CCCCCOCCCC[C@H]1CC[C@H](c2ccc(C#N)cc2)CC1. The van der Waals surface area contributed by atoms with Crippen LogP contribution in [0, 0.1) is 17.2 Å². The van der Waals surface area contributed by atoms with Crippen molar-refractivity contribution in [2.45, 2.75) is 70.1 Å². The zero-order chi connectivity index (χ0) is 17.7. The molecule has 1 aromatic carbocycles. The summed E-state index contributed by atoms with van der Waals surface area (Å²) in [6, 6.07) is 10.4. The van der Waals surface area contributed by atoms with Crippen molar-refractivity contribution in [2.24, 2.45) is 5.92 Å². The van der Waals surface area contributed by atoms with Gasteiger partial charge in [-0.05, 0) is 80.9 Å². The van der Waals surface area contributed by atoms with Crippen molar-refractivity contribution >= 4 is 0 Å². The van der Waals surface area contributed by atoms with E-state index in [1.807, 2.05) is 18.2 Å². The van der Waals surface area contributed by atoms with Gasteiger partial charge < -0.3 is 4.74 Å². The second-order valence-corrected chi connectivity index (χ2v) is 7.34. The Bertz CT molecular complexity index is 520. The van der Waals surface area contributed by atoms with Crippen molar-refractivity contribution < 1.29 is 4.74 Å². The van der Waals surface area contributed by atoms with Crippen LogP contribution in [0.5, 0.6) is 0 Å². The summed E-state index contributed by atoms with van der Waals surface area (Å²) < 4.78 is 5.71. The van der Waals surface area contributed by atoms with Gasteiger partial charge in [0.1, 0.15) is 0 Å². The first-order valence-corrected chi connectivity index (χ1v) is 10.0. The predicted octanol–water partition coefficient (Wildman–Crippen LogP) is 6.38. The molecule has 1 aromatic rings. The first-order chi connectivity index (χ1) is 12.3. The maximum absolute atomic E-state index is 8.90. The van der Waals surface area contributed by atoms with Gasteiger partial charge in [-0.2, -0.15) is 5.26 Å². The number of allylic oxidation sites excluding steroid dienone is 1. The molecule has 0 atom stereocenters. The molecule has 0 unspecified atom stereocenters. The maximum atomic E-state index is 8.90. The lowest BCUT2D eigenvalue weighted by molar-refractivity contribution is 0.124. The quantitative estimate of drug-likeness (QED) is 0.346. The van der Waals surface area contributed by atoms with E-state index in [9.17, 15) is 0 Å². The van der Waals surface area contributed by atoms with Crippen molar-refractivity contribution in [1.29, 1.82) is 5.26 Å². The van der Waals surface area contributed by atoms with Crippen LogP contribution in [-0.4, -0.2) is 13.2 Å². The van der Waals surface area contributed by atoms with Gasteiger partial charge in [0.2, 0.25) is 0 Å². The van der Waals surface area contributed by atoms with Gasteiger partial charge >= 0.3 is 0 Å². The van der Waals surface area contributed by atoms with E-state index in [1.165, 1.54) is 56.9 Å². The molecule has 1 fully saturated rings. The van der Waals surface area contributed by atoms with Crippen LogP contribution in [0.25, 0.3) is 0 Å². The topological polar surface area (TPSA) is 33.0 Å². The molecule has 2 heteroatoms. The van der Waals surface area contributed by atoms with Gasteiger partial charge in [0.25, 0.3) is 0 Å². The highest BCUT2D eigenvalue weighted by Crippen LogP contribution is 2.37. The second-order valence-electron chi connectivity index (χ2n) is 7.34. The number of hydrogen-bond donors (Lipinski definition) is 0. The maximum Gasteiger partial charge on any atom is 0.0991 e. The Morgan fingerprint density at radius 3 is 2.32 bits per heavy atom. The van der Waals surface area contributed by atoms with E-state index < -0.39 is 0 Å². The minimum absolute atomic E-state index is 0.697. The molecule has 0 radical (unpaired) electrons. The molecule has 0 aromatic heterocycles. The van der Waals surface area contributed by atoms with Crippen LogP contribution in [0.2, 0.25) is 0 Å². The lowest BCUT2D eigenvalue weighted by atomic mass is 9.77. The monoisotopic (exact) mass is 339 g/mol. The fraction of sp³-hybridized carbons (Fsp3) is 0.609. The average Bonchev–Trinajstić information content (AvgIpc) is 2.67. The molecule has 2 rings (SSSR count). The van der Waals surface area contributed by atoms with Gasteiger partial charge in [0, 0.05) is 13.2 Å². The Hall–Kier alpha value is -1.59. The Balaban J connectivity index is 1.52. The number of rotatable bonds is 11. The molecule has 0 N–H and O–H groups in total. The number of nitriles is 1. The molecule has 0 amide bonds. The zero-order valence-corrected chi connectivity index (χ0v) is 15.6. The minimum atomic E-state index is 0.697. The van der Waals surface area contributed by atoms with E-state index in [2.05, 4.69) is 24.8 Å².